The van der Waals surface area contributed by atoms with Crippen LogP contribution in [0.25, 0.3) is 5.65 Å². The summed E-state index contributed by atoms with van der Waals surface area (Å²) in [4.78, 5) is 28.7. The molecule has 2 aliphatic heterocycles. The summed E-state index contributed by atoms with van der Waals surface area (Å²) in [6.07, 6.45) is 0.201. The van der Waals surface area contributed by atoms with Crippen molar-refractivity contribution in [2.45, 2.75) is 57.7 Å². The van der Waals surface area contributed by atoms with Crippen LogP contribution < -0.4 is 4.90 Å². The average Bonchev–Trinajstić information content (AvgIpc) is 3.26. The first-order valence-electron chi connectivity index (χ1n) is 11.3. The lowest BCUT2D eigenvalue weighted by atomic mass is 9.97. The second kappa shape index (κ2) is 9.52. The Morgan fingerprint density at radius 2 is 1.85 bits per heavy atom. The molecule has 4 heterocycles. The van der Waals surface area contributed by atoms with Gasteiger partial charge in [0, 0.05) is 25.7 Å². The van der Waals surface area contributed by atoms with Gasteiger partial charge in [0.25, 0.3) is 11.7 Å². The molecule has 2 aromatic rings. The minimum atomic E-state index is -4.66. The van der Waals surface area contributed by atoms with Crippen LogP contribution in [0.2, 0.25) is 0 Å². The SMILES string of the molecule is CC[C@H]1CCCCN1C(=O)COC(=O)C1CCN(c2ccc3nnc(C(F)(F)F)n3n2)CC1. The molecule has 0 spiro atoms. The van der Waals surface area contributed by atoms with Gasteiger partial charge in [0.1, 0.15) is 5.82 Å². The molecule has 0 radical (unpaired) electrons. The number of hydrogen-bond acceptors (Lipinski definition) is 7. The number of halogens is 3. The van der Waals surface area contributed by atoms with Crippen molar-refractivity contribution in [2.75, 3.05) is 31.1 Å². The van der Waals surface area contributed by atoms with Crippen LogP contribution in [0.3, 0.4) is 0 Å². The highest BCUT2D eigenvalue weighted by Crippen LogP contribution is 2.29. The number of carbonyl (C=O) groups excluding carboxylic acids is 2. The lowest BCUT2D eigenvalue weighted by molar-refractivity contribution is -0.157. The molecule has 1 atom stereocenters. The smallest absolute Gasteiger partial charge is 0.453 e. The van der Waals surface area contributed by atoms with E-state index in [1.54, 1.807) is 6.07 Å². The molecule has 2 saturated heterocycles. The molecule has 12 heteroatoms. The molecule has 1 amide bonds. The van der Waals surface area contributed by atoms with Crippen molar-refractivity contribution in [3.63, 3.8) is 0 Å². The van der Waals surface area contributed by atoms with E-state index in [0.717, 1.165) is 25.7 Å². The first-order chi connectivity index (χ1) is 15.8. The van der Waals surface area contributed by atoms with Crippen molar-refractivity contribution in [3.8, 4) is 0 Å². The lowest BCUT2D eigenvalue weighted by Gasteiger charge is -2.35. The van der Waals surface area contributed by atoms with E-state index in [9.17, 15) is 22.8 Å². The minimum Gasteiger partial charge on any atom is -0.455 e. The topological polar surface area (TPSA) is 92.9 Å². The number of anilines is 1. The van der Waals surface area contributed by atoms with Gasteiger partial charge in [-0.25, -0.2) is 0 Å². The van der Waals surface area contributed by atoms with Gasteiger partial charge in [0.2, 0.25) is 0 Å². The maximum absolute atomic E-state index is 13.1. The first-order valence-corrected chi connectivity index (χ1v) is 11.3. The maximum atomic E-state index is 13.1. The standard InChI is InChI=1S/C21H27F3N6O3/c1-2-15-5-3-4-10-29(15)18(31)13-33-19(32)14-8-11-28(12-9-14)17-7-6-16-25-26-20(21(22,23)24)30(16)27-17/h6-7,14-15H,2-5,8-13H2,1H3/t15-/m0/s1. The second-order valence-corrected chi connectivity index (χ2v) is 8.50. The zero-order valence-electron chi connectivity index (χ0n) is 18.4. The van der Waals surface area contributed by atoms with Crippen LogP contribution in [0, 0.1) is 5.92 Å². The van der Waals surface area contributed by atoms with Crippen LogP contribution in [0.4, 0.5) is 19.0 Å². The Kier molecular flexibility index (Phi) is 6.71. The number of fused-ring (bicyclic) bond motifs is 1. The third kappa shape index (κ3) is 5.03. The normalized spacial score (nSPS) is 20.3. The Balaban J connectivity index is 1.31. The number of rotatable bonds is 5. The summed E-state index contributed by atoms with van der Waals surface area (Å²) in [5, 5.41) is 10.7. The summed E-state index contributed by atoms with van der Waals surface area (Å²) in [6, 6.07) is 3.23. The molecule has 0 saturated carbocycles. The largest absolute Gasteiger partial charge is 0.455 e. The summed E-state index contributed by atoms with van der Waals surface area (Å²) in [5.74, 6) is -1.75. The van der Waals surface area contributed by atoms with E-state index in [1.165, 1.54) is 6.07 Å². The van der Waals surface area contributed by atoms with Crippen molar-refractivity contribution in [2.24, 2.45) is 5.92 Å². The van der Waals surface area contributed by atoms with Gasteiger partial charge in [-0.15, -0.1) is 15.3 Å². The van der Waals surface area contributed by atoms with E-state index in [1.807, 2.05) is 9.80 Å². The highest BCUT2D eigenvalue weighted by molar-refractivity contribution is 5.81. The molecule has 4 rings (SSSR count). The van der Waals surface area contributed by atoms with Crippen LogP contribution in [0.15, 0.2) is 12.1 Å². The molecule has 9 nitrogen and oxygen atoms in total. The lowest BCUT2D eigenvalue weighted by Crippen LogP contribution is -2.45. The molecule has 2 aliphatic rings. The van der Waals surface area contributed by atoms with Crippen LogP contribution in [-0.2, 0) is 20.5 Å². The third-order valence-corrected chi connectivity index (χ3v) is 6.41. The Hall–Kier alpha value is -2.92. The Bertz CT molecular complexity index is 1000. The van der Waals surface area contributed by atoms with Gasteiger partial charge in [0.05, 0.1) is 5.92 Å². The number of carbonyl (C=O) groups is 2. The summed E-state index contributed by atoms with van der Waals surface area (Å²) < 4.78 is 45.3. The number of amides is 1. The van der Waals surface area contributed by atoms with Gasteiger partial charge < -0.3 is 14.5 Å². The molecule has 0 unspecified atom stereocenters. The molecule has 180 valence electrons. The molecule has 2 aromatic heterocycles. The predicted octanol–water partition coefficient (Wildman–Crippen LogP) is 2.69. The van der Waals surface area contributed by atoms with Crippen molar-refractivity contribution in [3.05, 3.63) is 18.0 Å². The fourth-order valence-corrected chi connectivity index (χ4v) is 4.56. The number of esters is 1. The number of ether oxygens (including phenoxy) is 1. The number of hydrogen-bond donors (Lipinski definition) is 0. The van der Waals surface area contributed by atoms with Crippen LogP contribution >= 0.6 is 0 Å². The van der Waals surface area contributed by atoms with Crippen molar-refractivity contribution in [1.29, 1.82) is 0 Å². The highest BCUT2D eigenvalue weighted by Gasteiger charge is 2.38. The molecular formula is C21H27F3N6O3. The number of piperidine rings is 2. The van der Waals surface area contributed by atoms with E-state index in [-0.39, 0.29) is 30.1 Å². The van der Waals surface area contributed by atoms with Crippen LogP contribution in [0.1, 0.15) is 51.3 Å². The van der Waals surface area contributed by atoms with Gasteiger partial charge in [-0.2, -0.15) is 17.7 Å². The fraction of sp³-hybridized carbons (Fsp3) is 0.667. The van der Waals surface area contributed by atoms with Gasteiger partial charge in [-0.1, -0.05) is 6.92 Å². The number of aromatic nitrogens is 4. The van der Waals surface area contributed by atoms with E-state index in [2.05, 4.69) is 22.2 Å². The number of alkyl halides is 3. The molecule has 2 fully saturated rings. The van der Waals surface area contributed by atoms with E-state index in [4.69, 9.17) is 4.74 Å². The van der Waals surface area contributed by atoms with Crippen LogP contribution in [0.5, 0.6) is 0 Å². The van der Waals surface area contributed by atoms with Crippen molar-refractivity contribution >= 4 is 23.3 Å². The molecule has 0 aromatic carbocycles. The third-order valence-electron chi connectivity index (χ3n) is 6.41. The van der Waals surface area contributed by atoms with E-state index >= 15 is 0 Å². The Labute approximate surface area is 188 Å². The monoisotopic (exact) mass is 468 g/mol. The van der Waals surface area contributed by atoms with Gasteiger partial charge in [-0.05, 0) is 50.7 Å². The zero-order valence-corrected chi connectivity index (χ0v) is 18.4. The summed E-state index contributed by atoms with van der Waals surface area (Å²) in [7, 11) is 0. The molecular weight excluding hydrogens is 441 g/mol. The maximum Gasteiger partial charge on any atom is 0.453 e. The number of likely N-dealkylation sites (tertiary alicyclic amines) is 1. The highest BCUT2D eigenvalue weighted by atomic mass is 19.4. The molecule has 0 bridgehead atoms. The molecule has 0 N–H and O–H groups in total. The van der Waals surface area contributed by atoms with Gasteiger partial charge in [0.15, 0.2) is 12.3 Å². The van der Waals surface area contributed by atoms with Gasteiger partial charge >= 0.3 is 12.1 Å². The van der Waals surface area contributed by atoms with Gasteiger partial charge in [-0.3, -0.25) is 9.59 Å². The fourth-order valence-electron chi connectivity index (χ4n) is 4.56. The molecule has 0 aliphatic carbocycles. The van der Waals surface area contributed by atoms with Crippen molar-refractivity contribution < 1.29 is 27.5 Å². The first kappa shape index (κ1) is 23.2. The van der Waals surface area contributed by atoms with Crippen LogP contribution in [-0.4, -0.2) is 68.9 Å². The second-order valence-electron chi connectivity index (χ2n) is 8.50. The molecule has 33 heavy (non-hydrogen) atoms. The van der Waals surface area contributed by atoms with E-state index in [0.29, 0.717) is 42.8 Å². The van der Waals surface area contributed by atoms with Crippen molar-refractivity contribution in [1.82, 2.24) is 24.7 Å². The zero-order chi connectivity index (χ0) is 23.6. The summed E-state index contributed by atoms with van der Waals surface area (Å²) in [5.41, 5.74) is 0.00761. The van der Waals surface area contributed by atoms with E-state index < -0.39 is 18.0 Å². The number of nitrogens with zero attached hydrogens (tertiary/aromatic N) is 6. The Morgan fingerprint density at radius 1 is 1.09 bits per heavy atom. The Morgan fingerprint density at radius 3 is 2.55 bits per heavy atom. The average molecular weight is 468 g/mol. The quantitative estimate of drug-likeness (QED) is 0.623. The summed E-state index contributed by atoms with van der Waals surface area (Å²) >= 11 is 0. The summed E-state index contributed by atoms with van der Waals surface area (Å²) in [6.45, 7) is 3.37. The minimum absolute atomic E-state index is 0.00761. The predicted molar refractivity (Wildman–Crippen MR) is 111 cm³/mol.